The number of hydrogen-bond donors (Lipinski definition) is 2. The molecular weight excluding hydrogens is 222 g/mol. The van der Waals surface area contributed by atoms with Crippen LogP contribution < -0.4 is 5.32 Å². The van der Waals surface area contributed by atoms with Gasteiger partial charge in [-0.15, -0.1) is 0 Å². The fourth-order valence-corrected chi connectivity index (χ4v) is 1.86. The predicted octanol–water partition coefficient (Wildman–Crippen LogP) is -0.230. The van der Waals surface area contributed by atoms with E-state index in [1.165, 1.54) is 13.8 Å². The second-order valence-electron chi connectivity index (χ2n) is 3.30. The summed E-state index contributed by atoms with van der Waals surface area (Å²) in [4.78, 5) is 18.8. The number of amides is 1. The molecule has 2 N–H and O–H groups in total. The molecule has 0 bridgehead atoms. The zero-order chi connectivity index (χ0) is 12.7. The largest absolute Gasteiger partial charge is 0.347 e. The van der Waals surface area contributed by atoms with Gasteiger partial charge in [-0.25, -0.2) is 0 Å². The highest BCUT2D eigenvalue weighted by molar-refractivity contribution is 7.85. The zero-order valence-electron chi connectivity index (χ0n) is 8.69. The van der Waals surface area contributed by atoms with Crippen LogP contribution in [0.25, 0.3) is 0 Å². The van der Waals surface area contributed by atoms with Gasteiger partial charge in [0.05, 0.1) is 11.3 Å². The van der Waals surface area contributed by atoms with E-state index < -0.39 is 27.3 Å². The molecule has 0 spiro atoms. The Balaban J connectivity index is 0. The summed E-state index contributed by atoms with van der Waals surface area (Å²) >= 11 is 0. The van der Waals surface area contributed by atoms with Gasteiger partial charge in [-0.1, -0.05) is 6.58 Å². The first kappa shape index (κ1) is 16.2. The van der Waals surface area contributed by atoms with Gasteiger partial charge < -0.3 is 10.1 Å². The topological polar surface area (TPSA) is 101 Å². The quantitative estimate of drug-likeness (QED) is 0.519. The second kappa shape index (κ2) is 6.31. The van der Waals surface area contributed by atoms with E-state index in [9.17, 15) is 13.2 Å². The molecule has 0 saturated heterocycles. The van der Waals surface area contributed by atoms with Gasteiger partial charge in [-0.05, 0) is 19.9 Å². The molecular formula is C8H15NO5S. The van der Waals surface area contributed by atoms with Crippen molar-refractivity contribution < 1.29 is 22.6 Å². The van der Waals surface area contributed by atoms with Gasteiger partial charge in [0.2, 0.25) is 5.91 Å². The predicted molar refractivity (Wildman–Crippen MR) is 56.0 cm³/mol. The van der Waals surface area contributed by atoms with Gasteiger partial charge >= 0.3 is 0 Å². The normalized spacial score (nSPS) is 10.9. The highest BCUT2D eigenvalue weighted by atomic mass is 32.2. The first-order valence-electron chi connectivity index (χ1n) is 3.85. The average Bonchev–Trinajstić information content (AvgIpc) is 2.02. The van der Waals surface area contributed by atoms with Crippen LogP contribution in [0.1, 0.15) is 13.8 Å². The summed E-state index contributed by atoms with van der Waals surface area (Å²) < 4.78 is 29.5. The summed E-state index contributed by atoms with van der Waals surface area (Å²) in [7, 11) is -4.08. The van der Waals surface area contributed by atoms with E-state index in [1.54, 1.807) is 0 Å². The van der Waals surface area contributed by atoms with Crippen LogP contribution in [0.5, 0.6) is 0 Å². The Morgan fingerprint density at radius 1 is 1.47 bits per heavy atom. The summed E-state index contributed by atoms with van der Waals surface area (Å²) in [6.07, 6.45) is 1.03. The molecule has 0 fully saturated rings. The Hall–Kier alpha value is -1.21. The van der Waals surface area contributed by atoms with Crippen LogP contribution in [-0.4, -0.2) is 37.0 Å². The lowest BCUT2D eigenvalue weighted by molar-refractivity contribution is -0.117. The van der Waals surface area contributed by atoms with E-state index in [-0.39, 0.29) is 0 Å². The Morgan fingerprint density at radius 2 is 1.87 bits per heavy atom. The van der Waals surface area contributed by atoms with Crippen molar-refractivity contribution in [2.24, 2.45) is 0 Å². The standard InChI is InChI=1S/C7H13NO4S.CH2O/c1-4-6(9)8-7(2,3)5-13(10,11)12;1-2/h4H,1,5H2,2-3H3,(H,8,9)(H,10,11,12);1H2. The fraction of sp³-hybridized carbons (Fsp3) is 0.500. The third-order valence-electron chi connectivity index (χ3n) is 1.19. The van der Waals surface area contributed by atoms with E-state index in [0.717, 1.165) is 6.08 Å². The van der Waals surface area contributed by atoms with Crippen LogP contribution in [0.4, 0.5) is 0 Å². The van der Waals surface area contributed by atoms with E-state index in [4.69, 9.17) is 9.35 Å². The van der Waals surface area contributed by atoms with Crippen LogP contribution in [0.2, 0.25) is 0 Å². The molecule has 0 aliphatic rings. The molecule has 0 aliphatic carbocycles. The lowest BCUT2D eigenvalue weighted by Crippen LogP contribution is -2.47. The van der Waals surface area contributed by atoms with Gasteiger partial charge in [0, 0.05) is 0 Å². The van der Waals surface area contributed by atoms with Crippen molar-refractivity contribution in [3.8, 4) is 0 Å². The highest BCUT2D eigenvalue weighted by Gasteiger charge is 2.25. The van der Waals surface area contributed by atoms with Crippen molar-refractivity contribution >= 4 is 22.8 Å². The molecule has 0 heterocycles. The van der Waals surface area contributed by atoms with Crippen LogP contribution in [0, 0.1) is 0 Å². The number of carbonyl (C=O) groups excluding carboxylic acids is 2. The lowest BCUT2D eigenvalue weighted by atomic mass is 10.1. The maximum absolute atomic E-state index is 10.8. The minimum Gasteiger partial charge on any atom is -0.347 e. The summed E-state index contributed by atoms with van der Waals surface area (Å²) in [5.41, 5.74) is -1.00. The van der Waals surface area contributed by atoms with Crippen molar-refractivity contribution in [3.05, 3.63) is 12.7 Å². The zero-order valence-corrected chi connectivity index (χ0v) is 9.50. The molecule has 0 aromatic heterocycles. The minimum absolute atomic E-state index is 0.478. The molecule has 7 heteroatoms. The van der Waals surface area contributed by atoms with Gasteiger partial charge in [0.25, 0.3) is 10.1 Å². The lowest BCUT2D eigenvalue weighted by Gasteiger charge is -2.23. The number of carbonyl (C=O) groups is 2. The van der Waals surface area contributed by atoms with Crippen molar-refractivity contribution in [1.82, 2.24) is 5.32 Å². The van der Waals surface area contributed by atoms with Gasteiger partial charge in [-0.3, -0.25) is 9.35 Å². The van der Waals surface area contributed by atoms with E-state index in [2.05, 4.69) is 11.9 Å². The number of hydrogen-bond acceptors (Lipinski definition) is 4. The van der Waals surface area contributed by atoms with Crippen LogP contribution in [0.15, 0.2) is 12.7 Å². The van der Waals surface area contributed by atoms with Crippen LogP contribution >= 0.6 is 0 Å². The van der Waals surface area contributed by atoms with Crippen molar-refractivity contribution in [3.63, 3.8) is 0 Å². The molecule has 0 aliphatic heterocycles. The van der Waals surface area contributed by atoms with Crippen molar-refractivity contribution in [2.75, 3.05) is 5.75 Å². The first-order chi connectivity index (χ1) is 6.66. The Labute approximate surface area is 89.1 Å². The molecule has 15 heavy (non-hydrogen) atoms. The SMILES string of the molecule is C=CC(=O)NC(C)(C)CS(=O)(=O)O.C=O. The molecule has 1 amide bonds. The van der Waals surface area contributed by atoms with Crippen LogP contribution in [-0.2, 0) is 19.7 Å². The second-order valence-corrected chi connectivity index (χ2v) is 4.76. The maximum Gasteiger partial charge on any atom is 0.267 e. The van der Waals surface area contributed by atoms with E-state index in [1.807, 2.05) is 6.79 Å². The van der Waals surface area contributed by atoms with Crippen molar-refractivity contribution in [1.29, 1.82) is 0 Å². The van der Waals surface area contributed by atoms with E-state index >= 15 is 0 Å². The van der Waals surface area contributed by atoms with Gasteiger partial charge in [-0.2, -0.15) is 8.42 Å². The molecule has 0 rings (SSSR count). The molecule has 0 aromatic carbocycles. The summed E-state index contributed by atoms with van der Waals surface area (Å²) in [5.74, 6) is -1.01. The number of nitrogens with one attached hydrogen (secondary N) is 1. The molecule has 6 nitrogen and oxygen atoms in total. The smallest absolute Gasteiger partial charge is 0.267 e. The molecule has 0 atom stereocenters. The summed E-state index contributed by atoms with van der Waals surface area (Å²) in [6, 6.07) is 0. The number of rotatable bonds is 4. The average molecular weight is 237 g/mol. The van der Waals surface area contributed by atoms with Gasteiger partial charge in [0.15, 0.2) is 0 Å². The summed E-state index contributed by atoms with van der Waals surface area (Å²) in [5, 5.41) is 2.37. The van der Waals surface area contributed by atoms with Crippen LogP contribution in [0.3, 0.4) is 0 Å². The van der Waals surface area contributed by atoms with E-state index in [0.29, 0.717) is 0 Å². The molecule has 0 aromatic rings. The molecule has 0 radical (unpaired) electrons. The fourth-order valence-electron chi connectivity index (χ4n) is 0.877. The monoisotopic (exact) mass is 237 g/mol. The Bertz CT molecular complexity index is 320. The Kier molecular flexibility index (Phi) is 6.82. The Morgan fingerprint density at radius 3 is 2.13 bits per heavy atom. The third kappa shape index (κ3) is 10.7. The first-order valence-corrected chi connectivity index (χ1v) is 5.46. The maximum atomic E-state index is 10.8. The molecule has 88 valence electrons. The highest BCUT2D eigenvalue weighted by Crippen LogP contribution is 2.05. The van der Waals surface area contributed by atoms with Crippen molar-refractivity contribution in [2.45, 2.75) is 19.4 Å². The summed E-state index contributed by atoms with van der Waals surface area (Å²) in [6.45, 7) is 8.19. The third-order valence-corrected chi connectivity index (χ3v) is 2.28. The minimum atomic E-state index is -4.08. The molecule has 0 saturated carbocycles. The molecule has 0 unspecified atom stereocenters. The van der Waals surface area contributed by atoms with Gasteiger partial charge in [0.1, 0.15) is 6.79 Å².